The summed E-state index contributed by atoms with van der Waals surface area (Å²) in [5, 5.41) is 3.18. The van der Waals surface area contributed by atoms with Crippen LogP contribution in [0.1, 0.15) is 58.8 Å². The lowest BCUT2D eigenvalue weighted by atomic mass is 10.0. The van der Waals surface area contributed by atoms with Gasteiger partial charge in [0.2, 0.25) is 5.91 Å². The van der Waals surface area contributed by atoms with E-state index in [1.54, 1.807) is 0 Å². The zero-order valence-corrected chi connectivity index (χ0v) is 12.7. The number of nitrogens with two attached hydrogens (primary N) is 1. The number of carbonyl (C=O) groups excluding carboxylic acids is 1. The molecule has 1 rings (SSSR count). The van der Waals surface area contributed by atoms with Crippen LogP contribution in [-0.2, 0) is 4.79 Å². The summed E-state index contributed by atoms with van der Waals surface area (Å²) in [6, 6.07) is 1.02. The lowest BCUT2D eigenvalue weighted by molar-refractivity contribution is -0.122. The van der Waals surface area contributed by atoms with Crippen molar-refractivity contribution in [3.8, 4) is 0 Å². The van der Waals surface area contributed by atoms with Crippen molar-refractivity contribution < 1.29 is 4.79 Å². The molecule has 4 heteroatoms. The first-order chi connectivity index (χ1) is 9.13. The topological polar surface area (TPSA) is 58.4 Å². The number of nitrogens with one attached hydrogen (secondary N) is 1. The van der Waals surface area contributed by atoms with Gasteiger partial charge in [0, 0.05) is 31.6 Å². The monoisotopic (exact) mass is 269 g/mol. The lowest BCUT2D eigenvalue weighted by Crippen LogP contribution is -2.46. The Balaban J connectivity index is 2.06. The van der Waals surface area contributed by atoms with E-state index < -0.39 is 0 Å². The molecule has 1 fully saturated rings. The molecule has 0 aliphatic carbocycles. The molecular weight excluding hydrogens is 238 g/mol. The summed E-state index contributed by atoms with van der Waals surface area (Å²) in [5.41, 5.74) is 5.44. The Hall–Kier alpha value is -0.610. The van der Waals surface area contributed by atoms with Crippen LogP contribution in [0.2, 0.25) is 0 Å². The third-order valence-corrected chi connectivity index (χ3v) is 3.98. The predicted molar refractivity (Wildman–Crippen MR) is 80.0 cm³/mol. The fourth-order valence-corrected chi connectivity index (χ4v) is 2.64. The number of rotatable bonds is 8. The first-order valence-electron chi connectivity index (χ1n) is 7.87. The fourth-order valence-electron chi connectivity index (χ4n) is 2.64. The maximum absolute atomic E-state index is 11.8. The van der Waals surface area contributed by atoms with Gasteiger partial charge in [0.1, 0.15) is 0 Å². The number of carbonyl (C=O) groups is 1. The fraction of sp³-hybridized carbons (Fsp3) is 0.933. The van der Waals surface area contributed by atoms with E-state index in [1.165, 1.54) is 0 Å². The smallest absolute Gasteiger partial charge is 0.220 e. The quantitative estimate of drug-likeness (QED) is 0.662. The van der Waals surface area contributed by atoms with Gasteiger partial charge in [-0.05, 0) is 46.1 Å². The van der Waals surface area contributed by atoms with Gasteiger partial charge in [-0.2, -0.15) is 0 Å². The number of piperidine rings is 1. The molecule has 0 saturated carbocycles. The molecule has 4 nitrogen and oxygen atoms in total. The number of hydrogen-bond acceptors (Lipinski definition) is 3. The van der Waals surface area contributed by atoms with Crippen LogP contribution in [0.5, 0.6) is 0 Å². The van der Waals surface area contributed by atoms with Crippen molar-refractivity contribution in [1.82, 2.24) is 10.2 Å². The summed E-state index contributed by atoms with van der Waals surface area (Å²) in [7, 11) is 0. The number of amides is 1. The second-order valence-corrected chi connectivity index (χ2v) is 5.92. The van der Waals surface area contributed by atoms with Gasteiger partial charge >= 0.3 is 0 Å². The maximum atomic E-state index is 11.8. The molecule has 1 aliphatic rings. The van der Waals surface area contributed by atoms with E-state index in [4.69, 9.17) is 5.73 Å². The predicted octanol–water partition coefficient (Wildman–Crippen LogP) is 1.88. The summed E-state index contributed by atoms with van der Waals surface area (Å²) in [5.74, 6) is 0.232. The van der Waals surface area contributed by atoms with Crippen molar-refractivity contribution in [2.24, 2.45) is 5.73 Å². The van der Waals surface area contributed by atoms with E-state index in [1.807, 2.05) is 0 Å². The molecule has 0 atom stereocenters. The van der Waals surface area contributed by atoms with Gasteiger partial charge in [-0.25, -0.2) is 0 Å². The first-order valence-corrected chi connectivity index (χ1v) is 7.87. The van der Waals surface area contributed by atoms with Crippen molar-refractivity contribution in [3.05, 3.63) is 0 Å². The molecule has 0 spiro atoms. The summed E-state index contributed by atoms with van der Waals surface area (Å²) in [4.78, 5) is 14.3. The van der Waals surface area contributed by atoms with E-state index in [0.29, 0.717) is 18.5 Å². The van der Waals surface area contributed by atoms with Crippen LogP contribution in [0.25, 0.3) is 0 Å². The molecule has 0 aromatic carbocycles. The molecule has 112 valence electrons. The van der Waals surface area contributed by atoms with Crippen molar-refractivity contribution in [1.29, 1.82) is 0 Å². The molecule has 19 heavy (non-hydrogen) atoms. The first kappa shape index (κ1) is 16.4. The number of unbranched alkanes of at least 4 members (excludes halogenated alkanes) is 3. The van der Waals surface area contributed by atoms with E-state index >= 15 is 0 Å². The van der Waals surface area contributed by atoms with Crippen molar-refractivity contribution in [3.63, 3.8) is 0 Å². The Morgan fingerprint density at radius 2 is 1.84 bits per heavy atom. The summed E-state index contributed by atoms with van der Waals surface area (Å²) in [6.07, 6.45) is 7.21. The second-order valence-electron chi connectivity index (χ2n) is 5.92. The van der Waals surface area contributed by atoms with Crippen LogP contribution >= 0.6 is 0 Å². The highest BCUT2D eigenvalue weighted by atomic mass is 16.1. The average Bonchev–Trinajstić information content (AvgIpc) is 2.39. The molecule has 1 amide bonds. The van der Waals surface area contributed by atoms with Crippen LogP contribution in [-0.4, -0.2) is 42.5 Å². The molecule has 0 radical (unpaired) electrons. The van der Waals surface area contributed by atoms with Gasteiger partial charge in [0.05, 0.1) is 0 Å². The molecule has 0 aromatic rings. The Bertz CT molecular complexity index is 248. The van der Waals surface area contributed by atoms with E-state index in [2.05, 4.69) is 24.1 Å². The summed E-state index contributed by atoms with van der Waals surface area (Å²) >= 11 is 0. The highest BCUT2D eigenvalue weighted by molar-refractivity contribution is 5.76. The van der Waals surface area contributed by atoms with Crippen LogP contribution < -0.4 is 11.1 Å². The normalized spacial score (nSPS) is 17.9. The minimum atomic E-state index is 0.232. The molecule has 1 saturated heterocycles. The molecule has 0 unspecified atom stereocenters. The standard InChI is InChI=1S/C15H31N3O/c1-13(2)18-11-8-14(9-12-18)17-15(19)7-5-3-4-6-10-16/h13-14H,3-12,16H2,1-2H3,(H,17,19). The van der Waals surface area contributed by atoms with Crippen molar-refractivity contribution >= 4 is 5.91 Å². The zero-order valence-electron chi connectivity index (χ0n) is 12.7. The maximum Gasteiger partial charge on any atom is 0.220 e. The molecular formula is C15H31N3O. The van der Waals surface area contributed by atoms with Gasteiger partial charge in [-0.15, -0.1) is 0 Å². The van der Waals surface area contributed by atoms with Crippen LogP contribution in [0.3, 0.4) is 0 Å². The van der Waals surface area contributed by atoms with E-state index in [9.17, 15) is 4.79 Å². The minimum Gasteiger partial charge on any atom is -0.353 e. The Morgan fingerprint density at radius 3 is 2.42 bits per heavy atom. The molecule has 0 aromatic heterocycles. The minimum absolute atomic E-state index is 0.232. The van der Waals surface area contributed by atoms with Crippen molar-refractivity contribution in [2.75, 3.05) is 19.6 Å². The lowest BCUT2D eigenvalue weighted by Gasteiger charge is -2.34. The van der Waals surface area contributed by atoms with E-state index in [0.717, 1.165) is 58.2 Å². The van der Waals surface area contributed by atoms with Gasteiger partial charge in [-0.3, -0.25) is 4.79 Å². The largest absolute Gasteiger partial charge is 0.353 e. The van der Waals surface area contributed by atoms with Gasteiger partial charge < -0.3 is 16.0 Å². The van der Waals surface area contributed by atoms with Crippen molar-refractivity contribution in [2.45, 2.75) is 70.9 Å². The number of likely N-dealkylation sites (tertiary alicyclic amines) is 1. The highest BCUT2D eigenvalue weighted by Crippen LogP contribution is 2.13. The van der Waals surface area contributed by atoms with Crippen LogP contribution in [0, 0.1) is 0 Å². The molecule has 3 N–H and O–H groups in total. The van der Waals surface area contributed by atoms with Gasteiger partial charge in [0.15, 0.2) is 0 Å². The van der Waals surface area contributed by atoms with Crippen LogP contribution in [0.15, 0.2) is 0 Å². The third kappa shape index (κ3) is 6.92. The molecule has 1 aliphatic heterocycles. The Morgan fingerprint density at radius 1 is 1.21 bits per heavy atom. The molecule has 1 heterocycles. The Labute approximate surface area is 118 Å². The SMILES string of the molecule is CC(C)N1CCC(NC(=O)CCCCCCN)CC1. The van der Waals surface area contributed by atoms with E-state index in [-0.39, 0.29) is 5.91 Å². The van der Waals surface area contributed by atoms with Gasteiger partial charge in [0.25, 0.3) is 0 Å². The van der Waals surface area contributed by atoms with Crippen LogP contribution in [0.4, 0.5) is 0 Å². The second kappa shape index (κ2) is 9.32. The summed E-state index contributed by atoms with van der Waals surface area (Å²) < 4.78 is 0. The Kier molecular flexibility index (Phi) is 8.07. The average molecular weight is 269 g/mol. The number of hydrogen-bond donors (Lipinski definition) is 2. The zero-order chi connectivity index (χ0) is 14.1. The highest BCUT2D eigenvalue weighted by Gasteiger charge is 2.21. The number of nitrogens with zero attached hydrogens (tertiary/aromatic N) is 1. The molecule has 0 bridgehead atoms. The third-order valence-electron chi connectivity index (χ3n) is 3.98. The summed E-state index contributed by atoms with van der Waals surface area (Å²) in [6.45, 7) is 7.46. The van der Waals surface area contributed by atoms with Gasteiger partial charge in [-0.1, -0.05) is 12.8 Å².